The normalized spacial score (nSPS) is 11.7. The van der Waals surface area contributed by atoms with Gasteiger partial charge in [-0.3, -0.25) is 9.59 Å². The van der Waals surface area contributed by atoms with E-state index in [1.54, 1.807) is 42.5 Å². The van der Waals surface area contributed by atoms with Crippen molar-refractivity contribution in [2.75, 3.05) is 18.2 Å². The monoisotopic (exact) mass is 507 g/mol. The summed E-state index contributed by atoms with van der Waals surface area (Å²) in [6.07, 6.45) is 0. The summed E-state index contributed by atoms with van der Waals surface area (Å²) in [5, 5.41) is 15.8. The minimum absolute atomic E-state index is 0.110. The average molecular weight is 508 g/mol. The third kappa shape index (κ3) is 6.40. The maximum atomic E-state index is 12.5. The summed E-state index contributed by atoms with van der Waals surface area (Å²) in [7, 11) is 1.52. The molecule has 2 amide bonds. The first-order valence-electron chi connectivity index (χ1n) is 10.1. The molecule has 0 radical (unpaired) electrons. The van der Waals surface area contributed by atoms with E-state index in [0.29, 0.717) is 44.6 Å². The molecule has 33 heavy (non-hydrogen) atoms. The molecule has 0 saturated heterocycles. The largest absolute Gasteiger partial charge is 0.495 e. The van der Waals surface area contributed by atoms with Gasteiger partial charge in [-0.1, -0.05) is 35.0 Å². The number of amides is 2. The summed E-state index contributed by atoms with van der Waals surface area (Å²) in [5.74, 6) is 0.742. The van der Waals surface area contributed by atoms with Crippen molar-refractivity contribution < 1.29 is 14.3 Å². The van der Waals surface area contributed by atoms with Crippen molar-refractivity contribution in [3.63, 3.8) is 0 Å². The van der Waals surface area contributed by atoms with Crippen LogP contribution < -0.4 is 15.4 Å². The zero-order chi connectivity index (χ0) is 24.0. The van der Waals surface area contributed by atoms with E-state index in [4.69, 9.17) is 27.9 Å². The molecule has 2 aromatic carbocycles. The fourth-order valence-corrected chi connectivity index (χ4v) is 4.17. The van der Waals surface area contributed by atoms with Gasteiger partial charge >= 0.3 is 0 Å². The van der Waals surface area contributed by atoms with Gasteiger partial charge in [-0.05, 0) is 56.3 Å². The second-order valence-corrected chi connectivity index (χ2v) is 8.78. The predicted molar refractivity (Wildman–Crippen MR) is 130 cm³/mol. The third-order valence-corrected chi connectivity index (χ3v) is 6.12. The Morgan fingerprint density at radius 1 is 1.12 bits per heavy atom. The van der Waals surface area contributed by atoms with Crippen LogP contribution in [-0.4, -0.2) is 39.4 Å². The number of hydrogen-bond donors (Lipinski definition) is 2. The van der Waals surface area contributed by atoms with Crippen LogP contribution in [0.4, 0.5) is 5.69 Å². The fraction of sp³-hybridized carbons (Fsp3) is 0.273. The number of benzene rings is 2. The fourth-order valence-electron chi connectivity index (χ4n) is 3.06. The number of aromatic nitrogens is 3. The minimum Gasteiger partial charge on any atom is -0.495 e. The summed E-state index contributed by atoms with van der Waals surface area (Å²) in [5.41, 5.74) is 0.989. The molecule has 174 valence electrons. The molecule has 1 unspecified atom stereocenters. The highest BCUT2D eigenvalue weighted by Crippen LogP contribution is 2.28. The lowest BCUT2D eigenvalue weighted by molar-refractivity contribution is -0.113. The number of thioether (sulfide) groups is 1. The smallest absolute Gasteiger partial charge is 0.251 e. The number of carbonyl (C=O) groups is 2. The van der Waals surface area contributed by atoms with Crippen LogP contribution in [-0.2, 0) is 11.3 Å². The van der Waals surface area contributed by atoms with Gasteiger partial charge in [-0.15, -0.1) is 10.2 Å². The van der Waals surface area contributed by atoms with Crippen molar-refractivity contribution in [3.05, 3.63) is 63.9 Å². The molecule has 1 aromatic heterocycles. The van der Waals surface area contributed by atoms with Gasteiger partial charge in [0.05, 0.1) is 24.6 Å². The van der Waals surface area contributed by atoms with Crippen molar-refractivity contribution in [1.29, 1.82) is 0 Å². The van der Waals surface area contributed by atoms with E-state index in [2.05, 4.69) is 20.8 Å². The lowest BCUT2D eigenvalue weighted by atomic mass is 10.2. The standard InChI is InChI=1S/C22H23Cl2N5O3S/c1-4-29-20(13(2)25-21(31)14-5-7-15(23)8-6-14)27-28-22(29)33-12-19(30)26-17-11-16(24)9-10-18(17)32-3/h5-11,13H,4,12H2,1-3H3,(H,25,31)(H,26,30). The van der Waals surface area contributed by atoms with Gasteiger partial charge in [0.1, 0.15) is 5.75 Å². The summed E-state index contributed by atoms with van der Waals surface area (Å²) in [6.45, 7) is 4.35. The molecular weight excluding hydrogens is 485 g/mol. The van der Waals surface area contributed by atoms with E-state index in [-0.39, 0.29) is 23.6 Å². The van der Waals surface area contributed by atoms with Gasteiger partial charge < -0.3 is 19.9 Å². The Morgan fingerprint density at radius 2 is 1.82 bits per heavy atom. The second kappa shape index (κ2) is 11.4. The molecule has 0 fully saturated rings. The van der Waals surface area contributed by atoms with Gasteiger partial charge in [0.2, 0.25) is 5.91 Å². The lowest BCUT2D eigenvalue weighted by Crippen LogP contribution is -2.28. The molecule has 11 heteroatoms. The van der Waals surface area contributed by atoms with Gasteiger partial charge in [0.25, 0.3) is 5.91 Å². The van der Waals surface area contributed by atoms with Crippen LogP contribution in [0.15, 0.2) is 47.6 Å². The van der Waals surface area contributed by atoms with E-state index < -0.39 is 0 Å². The SMILES string of the molecule is CCn1c(SCC(=O)Nc2cc(Cl)ccc2OC)nnc1C(C)NC(=O)c1ccc(Cl)cc1. The van der Waals surface area contributed by atoms with E-state index in [1.807, 2.05) is 18.4 Å². The minimum atomic E-state index is -0.389. The molecule has 0 aliphatic rings. The number of rotatable bonds is 9. The van der Waals surface area contributed by atoms with Crippen LogP contribution >= 0.6 is 35.0 Å². The lowest BCUT2D eigenvalue weighted by Gasteiger charge is -2.15. The summed E-state index contributed by atoms with van der Waals surface area (Å²) in [6, 6.07) is 11.2. The van der Waals surface area contributed by atoms with Crippen molar-refractivity contribution in [3.8, 4) is 5.75 Å². The molecule has 3 aromatic rings. The summed E-state index contributed by atoms with van der Waals surface area (Å²) in [4.78, 5) is 25.0. The van der Waals surface area contributed by atoms with Crippen LogP contribution in [0.2, 0.25) is 10.0 Å². The quantitative estimate of drug-likeness (QED) is 0.402. The highest BCUT2D eigenvalue weighted by molar-refractivity contribution is 7.99. The predicted octanol–water partition coefficient (Wildman–Crippen LogP) is 4.84. The highest BCUT2D eigenvalue weighted by atomic mass is 35.5. The Balaban J connectivity index is 1.64. The molecule has 1 atom stereocenters. The number of halogens is 2. The first-order valence-corrected chi connectivity index (χ1v) is 11.8. The Hall–Kier alpha value is -2.75. The number of methoxy groups -OCH3 is 1. The molecule has 0 bridgehead atoms. The Labute approximate surface area is 206 Å². The van der Waals surface area contributed by atoms with Crippen molar-refractivity contribution in [2.45, 2.75) is 31.6 Å². The number of anilines is 1. The molecular formula is C22H23Cl2N5O3S. The Morgan fingerprint density at radius 3 is 2.48 bits per heavy atom. The summed E-state index contributed by atoms with van der Waals surface area (Å²) >= 11 is 13.1. The number of hydrogen-bond acceptors (Lipinski definition) is 6. The zero-order valence-electron chi connectivity index (χ0n) is 18.3. The molecule has 0 aliphatic carbocycles. The van der Waals surface area contributed by atoms with E-state index in [0.717, 1.165) is 0 Å². The maximum absolute atomic E-state index is 12.5. The van der Waals surface area contributed by atoms with Crippen LogP contribution in [0.25, 0.3) is 0 Å². The van der Waals surface area contributed by atoms with E-state index in [1.165, 1.54) is 18.9 Å². The maximum Gasteiger partial charge on any atom is 0.251 e. The van der Waals surface area contributed by atoms with E-state index >= 15 is 0 Å². The molecule has 0 aliphatic heterocycles. The summed E-state index contributed by atoms with van der Waals surface area (Å²) < 4.78 is 7.12. The Bertz CT molecular complexity index is 1140. The Kier molecular flexibility index (Phi) is 8.60. The van der Waals surface area contributed by atoms with Gasteiger partial charge in [0.15, 0.2) is 11.0 Å². The van der Waals surface area contributed by atoms with Crippen LogP contribution in [0.3, 0.4) is 0 Å². The number of nitrogens with zero attached hydrogens (tertiary/aromatic N) is 3. The third-order valence-electron chi connectivity index (χ3n) is 4.67. The molecule has 8 nitrogen and oxygen atoms in total. The van der Waals surface area contributed by atoms with Gasteiger partial charge in [-0.25, -0.2) is 0 Å². The molecule has 0 saturated carbocycles. The van der Waals surface area contributed by atoms with Crippen molar-refractivity contribution in [2.24, 2.45) is 0 Å². The zero-order valence-corrected chi connectivity index (χ0v) is 20.6. The first kappa shape index (κ1) is 24.9. The molecule has 1 heterocycles. The van der Waals surface area contributed by atoms with Crippen LogP contribution in [0, 0.1) is 0 Å². The van der Waals surface area contributed by atoms with Gasteiger partial charge in [-0.2, -0.15) is 0 Å². The number of ether oxygens (including phenoxy) is 1. The van der Waals surface area contributed by atoms with Crippen LogP contribution in [0.5, 0.6) is 5.75 Å². The van der Waals surface area contributed by atoms with Crippen molar-refractivity contribution in [1.82, 2.24) is 20.1 Å². The second-order valence-electron chi connectivity index (χ2n) is 6.97. The highest BCUT2D eigenvalue weighted by Gasteiger charge is 2.20. The average Bonchev–Trinajstić information content (AvgIpc) is 3.21. The van der Waals surface area contributed by atoms with Crippen molar-refractivity contribution >= 4 is 52.5 Å². The molecule has 2 N–H and O–H groups in total. The first-order chi connectivity index (χ1) is 15.8. The number of nitrogens with one attached hydrogen (secondary N) is 2. The molecule has 3 rings (SSSR count). The topological polar surface area (TPSA) is 98.1 Å². The van der Waals surface area contributed by atoms with E-state index in [9.17, 15) is 9.59 Å². The van der Waals surface area contributed by atoms with Gasteiger partial charge in [0, 0.05) is 22.2 Å². The van der Waals surface area contributed by atoms with Crippen LogP contribution in [0.1, 0.15) is 36.1 Å². The molecule has 0 spiro atoms. The number of carbonyl (C=O) groups excluding carboxylic acids is 2.